The Morgan fingerprint density at radius 3 is 1.87 bits per heavy atom. The standard InChI is InChI=1S/C31H28ClN3O4/c32-26-13-11-23(12-14-26)21-33-15-17-34(18-16-33)30(36)22-39-31-28(24-7-3-1-4-8-24)19-27(35(37)38)20-29(31)25-9-5-2-6-10-25/h1-14,19-20H,15-18,21-22H2. The average Bonchev–Trinajstić information content (AvgIpc) is 2.98. The van der Waals surface area contributed by atoms with E-state index in [0.29, 0.717) is 35.0 Å². The van der Waals surface area contributed by atoms with E-state index in [2.05, 4.69) is 4.90 Å². The van der Waals surface area contributed by atoms with Crippen LogP contribution in [0.15, 0.2) is 97.1 Å². The highest BCUT2D eigenvalue weighted by Gasteiger charge is 2.24. The first-order valence-corrected chi connectivity index (χ1v) is 13.2. The number of benzene rings is 4. The summed E-state index contributed by atoms with van der Waals surface area (Å²) in [4.78, 5) is 28.7. The van der Waals surface area contributed by atoms with Gasteiger partial charge in [0.15, 0.2) is 6.61 Å². The van der Waals surface area contributed by atoms with Crippen molar-refractivity contribution in [3.63, 3.8) is 0 Å². The number of hydrogen-bond donors (Lipinski definition) is 0. The summed E-state index contributed by atoms with van der Waals surface area (Å²) in [6.07, 6.45) is 0. The van der Waals surface area contributed by atoms with Crippen LogP contribution in [0.3, 0.4) is 0 Å². The normalized spacial score (nSPS) is 13.7. The van der Waals surface area contributed by atoms with Gasteiger partial charge in [-0.3, -0.25) is 19.8 Å². The molecule has 1 fully saturated rings. The minimum atomic E-state index is -0.405. The third kappa shape index (κ3) is 6.45. The molecule has 1 aliphatic rings. The first-order chi connectivity index (χ1) is 19.0. The highest BCUT2D eigenvalue weighted by Crippen LogP contribution is 2.42. The number of nitro benzene ring substituents is 1. The maximum atomic E-state index is 13.2. The molecule has 0 spiro atoms. The second kappa shape index (κ2) is 12.1. The maximum absolute atomic E-state index is 13.2. The van der Waals surface area contributed by atoms with Crippen LogP contribution >= 0.6 is 11.6 Å². The van der Waals surface area contributed by atoms with Gasteiger partial charge in [-0.2, -0.15) is 0 Å². The van der Waals surface area contributed by atoms with Crippen molar-refractivity contribution in [1.29, 1.82) is 0 Å². The van der Waals surface area contributed by atoms with Gasteiger partial charge in [-0.15, -0.1) is 0 Å². The van der Waals surface area contributed by atoms with Crippen LogP contribution in [-0.2, 0) is 11.3 Å². The van der Waals surface area contributed by atoms with Gasteiger partial charge in [0.05, 0.1) is 4.92 Å². The Kier molecular flexibility index (Phi) is 8.20. The summed E-state index contributed by atoms with van der Waals surface area (Å²) in [5.41, 5.74) is 3.84. The van der Waals surface area contributed by atoms with Crippen LogP contribution in [0.25, 0.3) is 22.3 Å². The van der Waals surface area contributed by atoms with Crippen LogP contribution < -0.4 is 4.74 Å². The molecule has 0 aromatic heterocycles. The number of non-ortho nitro benzene ring substituents is 1. The minimum Gasteiger partial charge on any atom is -0.482 e. The summed E-state index contributed by atoms with van der Waals surface area (Å²) in [5, 5.41) is 12.5. The number of nitrogens with zero attached hydrogens (tertiary/aromatic N) is 3. The molecule has 1 heterocycles. The molecule has 4 aromatic carbocycles. The molecule has 0 unspecified atom stereocenters. The summed E-state index contributed by atoms with van der Waals surface area (Å²) in [6, 6.07) is 29.6. The first kappa shape index (κ1) is 26.4. The number of carbonyl (C=O) groups is 1. The smallest absolute Gasteiger partial charge is 0.270 e. The fraction of sp³-hybridized carbons (Fsp3) is 0.194. The fourth-order valence-corrected chi connectivity index (χ4v) is 4.89. The lowest BCUT2D eigenvalue weighted by atomic mass is 9.96. The molecule has 0 radical (unpaired) electrons. The Balaban J connectivity index is 1.34. The van der Waals surface area contributed by atoms with E-state index in [9.17, 15) is 14.9 Å². The van der Waals surface area contributed by atoms with Gasteiger partial charge in [-0.25, -0.2) is 0 Å². The third-order valence-corrected chi connectivity index (χ3v) is 7.09. The molecule has 0 bridgehead atoms. The third-order valence-electron chi connectivity index (χ3n) is 6.84. The number of nitro groups is 1. The molecule has 5 rings (SSSR count). The highest BCUT2D eigenvalue weighted by molar-refractivity contribution is 6.30. The van der Waals surface area contributed by atoms with E-state index in [-0.39, 0.29) is 18.2 Å². The van der Waals surface area contributed by atoms with Gasteiger partial charge in [-0.1, -0.05) is 84.4 Å². The predicted molar refractivity (Wildman–Crippen MR) is 153 cm³/mol. The molecule has 0 N–H and O–H groups in total. The van der Waals surface area contributed by atoms with Crippen molar-refractivity contribution in [2.75, 3.05) is 32.8 Å². The van der Waals surface area contributed by atoms with Crippen LogP contribution in [-0.4, -0.2) is 53.4 Å². The lowest BCUT2D eigenvalue weighted by Gasteiger charge is -2.34. The number of rotatable bonds is 8. The number of halogens is 1. The van der Waals surface area contributed by atoms with E-state index in [0.717, 1.165) is 30.8 Å². The van der Waals surface area contributed by atoms with Gasteiger partial charge >= 0.3 is 0 Å². The van der Waals surface area contributed by atoms with Crippen molar-refractivity contribution in [2.45, 2.75) is 6.54 Å². The summed E-state index contributed by atoms with van der Waals surface area (Å²) in [5.74, 6) is 0.338. The Morgan fingerprint density at radius 2 is 1.36 bits per heavy atom. The number of piperazine rings is 1. The fourth-order valence-electron chi connectivity index (χ4n) is 4.77. The largest absolute Gasteiger partial charge is 0.482 e. The molecule has 1 aliphatic heterocycles. The Bertz CT molecular complexity index is 1380. The van der Waals surface area contributed by atoms with Crippen LogP contribution in [0.2, 0.25) is 5.02 Å². The summed E-state index contributed by atoms with van der Waals surface area (Å²) >= 11 is 5.99. The molecule has 4 aromatic rings. The van der Waals surface area contributed by atoms with Gasteiger partial charge in [0.1, 0.15) is 5.75 Å². The van der Waals surface area contributed by atoms with Crippen molar-refractivity contribution in [2.24, 2.45) is 0 Å². The maximum Gasteiger partial charge on any atom is 0.270 e. The van der Waals surface area contributed by atoms with Crippen molar-refractivity contribution in [3.8, 4) is 28.0 Å². The summed E-state index contributed by atoms with van der Waals surface area (Å²) < 4.78 is 6.22. The van der Waals surface area contributed by atoms with Crippen molar-refractivity contribution < 1.29 is 14.5 Å². The molecule has 8 heteroatoms. The molecule has 39 heavy (non-hydrogen) atoms. The quantitative estimate of drug-likeness (QED) is 0.193. The zero-order chi connectivity index (χ0) is 27.2. The molecule has 0 saturated carbocycles. The number of amides is 1. The molecule has 1 amide bonds. The lowest BCUT2D eigenvalue weighted by molar-refractivity contribution is -0.384. The monoisotopic (exact) mass is 541 g/mol. The van der Waals surface area contributed by atoms with E-state index >= 15 is 0 Å². The molecular weight excluding hydrogens is 514 g/mol. The predicted octanol–water partition coefficient (Wildman–Crippen LogP) is 6.31. The second-order valence-electron chi connectivity index (χ2n) is 9.43. The Hall–Kier alpha value is -4.20. The van der Waals surface area contributed by atoms with Gasteiger partial charge in [0.25, 0.3) is 11.6 Å². The zero-order valence-corrected chi connectivity index (χ0v) is 22.1. The van der Waals surface area contributed by atoms with Crippen molar-refractivity contribution >= 4 is 23.2 Å². The van der Waals surface area contributed by atoms with Crippen LogP contribution in [0.5, 0.6) is 5.75 Å². The molecule has 1 saturated heterocycles. The summed E-state index contributed by atoms with van der Waals surface area (Å²) in [7, 11) is 0. The van der Waals surface area contributed by atoms with Gasteiger partial charge < -0.3 is 9.64 Å². The van der Waals surface area contributed by atoms with E-state index in [1.165, 1.54) is 17.7 Å². The Morgan fingerprint density at radius 1 is 0.821 bits per heavy atom. The lowest BCUT2D eigenvalue weighted by Crippen LogP contribution is -2.49. The number of hydrogen-bond acceptors (Lipinski definition) is 5. The average molecular weight is 542 g/mol. The molecule has 198 valence electrons. The topological polar surface area (TPSA) is 75.9 Å². The number of ether oxygens (including phenoxy) is 1. The van der Waals surface area contributed by atoms with Gasteiger partial charge in [-0.05, 0) is 28.8 Å². The highest BCUT2D eigenvalue weighted by atomic mass is 35.5. The van der Waals surface area contributed by atoms with Gasteiger partial charge in [0.2, 0.25) is 0 Å². The summed E-state index contributed by atoms with van der Waals surface area (Å²) in [6.45, 7) is 3.38. The SMILES string of the molecule is O=C(COc1c(-c2ccccc2)cc([N+](=O)[O-])cc1-c1ccccc1)N1CCN(Cc2ccc(Cl)cc2)CC1. The molecule has 0 aliphatic carbocycles. The number of carbonyl (C=O) groups excluding carboxylic acids is 1. The van der Waals surface area contributed by atoms with Crippen LogP contribution in [0.1, 0.15) is 5.56 Å². The Labute approximate surface area is 232 Å². The van der Waals surface area contributed by atoms with E-state index in [1.807, 2.05) is 89.8 Å². The van der Waals surface area contributed by atoms with Crippen molar-refractivity contribution in [1.82, 2.24) is 9.80 Å². The molecule has 0 atom stereocenters. The van der Waals surface area contributed by atoms with Crippen molar-refractivity contribution in [3.05, 3.63) is 118 Å². The first-order valence-electron chi connectivity index (χ1n) is 12.8. The van der Waals surface area contributed by atoms with E-state index < -0.39 is 4.92 Å². The van der Waals surface area contributed by atoms with E-state index in [1.54, 1.807) is 0 Å². The van der Waals surface area contributed by atoms with Crippen LogP contribution in [0, 0.1) is 10.1 Å². The zero-order valence-electron chi connectivity index (χ0n) is 21.3. The minimum absolute atomic E-state index is 0.0387. The molecular formula is C31H28ClN3O4. The van der Waals surface area contributed by atoms with Gasteiger partial charge in [0, 0.05) is 61.0 Å². The van der Waals surface area contributed by atoms with Crippen LogP contribution in [0.4, 0.5) is 5.69 Å². The molecule has 7 nitrogen and oxygen atoms in total. The second-order valence-corrected chi connectivity index (χ2v) is 9.87. The van der Waals surface area contributed by atoms with E-state index in [4.69, 9.17) is 16.3 Å².